The first kappa shape index (κ1) is 13.3. The van der Waals surface area contributed by atoms with Crippen molar-refractivity contribution >= 4 is 17.5 Å². The van der Waals surface area contributed by atoms with E-state index in [1.54, 1.807) is 0 Å². The summed E-state index contributed by atoms with van der Waals surface area (Å²) < 4.78 is 0. The number of nitrogens with two attached hydrogens (primary N) is 1. The van der Waals surface area contributed by atoms with Crippen LogP contribution in [0, 0.1) is 0 Å². The minimum atomic E-state index is -0.0444. The fourth-order valence-electron chi connectivity index (χ4n) is 2.40. The third kappa shape index (κ3) is 3.02. The summed E-state index contributed by atoms with van der Waals surface area (Å²) in [5.74, 6) is 0.0564. The van der Waals surface area contributed by atoms with E-state index in [0.717, 1.165) is 12.1 Å². The minimum absolute atomic E-state index is 0.0444. The summed E-state index contributed by atoms with van der Waals surface area (Å²) in [5, 5.41) is 3.53. The number of hydrogen-bond acceptors (Lipinski definition) is 3. The van der Waals surface area contributed by atoms with Crippen molar-refractivity contribution in [2.24, 2.45) is 5.73 Å². The van der Waals surface area contributed by atoms with Gasteiger partial charge in [0, 0.05) is 24.2 Å². The van der Waals surface area contributed by atoms with E-state index in [1.165, 1.54) is 0 Å². The largest absolute Gasteiger partial charge is 0.354 e. The third-order valence-electron chi connectivity index (χ3n) is 3.17. The highest BCUT2D eigenvalue weighted by Gasteiger charge is 2.27. The average Bonchev–Trinajstić information content (AvgIpc) is 2.32. The maximum atomic E-state index is 11.5. The number of halogens is 1. The highest BCUT2D eigenvalue weighted by atomic mass is 35.5. The van der Waals surface area contributed by atoms with Gasteiger partial charge in [0.1, 0.15) is 0 Å². The lowest BCUT2D eigenvalue weighted by Gasteiger charge is -2.36. The Morgan fingerprint density at radius 3 is 2.61 bits per heavy atom. The molecule has 0 spiro atoms. The molecule has 4 nitrogen and oxygen atoms in total. The van der Waals surface area contributed by atoms with E-state index < -0.39 is 0 Å². The van der Waals surface area contributed by atoms with Crippen molar-refractivity contribution in [2.45, 2.75) is 19.0 Å². The maximum absolute atomic E-state index is 11.5. The van der Waals surface area contributed by atoms with Crippen LogP contribution in [0.2, 0.25) is 5.02 Å². The molecule has 0 aromatic heterocycles. The van der Waals surface area contributed by atoms with Gasteiger partial charge < -0.3 is 11.1 Å². The van der Waals surface area contributed by atoms with Crippen LogP contribution >= 0.6 is 11.6 Å². The second kappa shape index (κ2) is 5.69. The maximum Gasteiger partial charge on any atom is 0.234 e. The van der Waals surface area contributed by atoms with Crippen LogP contribution in [-0.4, -0.2) is 36.5 Å². The summed E-state index contributed by atoms with van der Waals surface area (Å²) in [7, 11) is 0. The highest BCUT2D eigenvalue weighted by Crippen LogP contribution is 2.25. The molecule has 1 aliphatic rings. The molecule has 1 heterocycles. The van der Waals surface area contributed by atoms with Crippen LogP contribution in [0.25, 0.3) is 0 Å². The zero-order valence-electron chi connectivity index (χ0n) is 10.4. The standard InChI is InChI=1S/C13H18ClN3O/c1-9(15)13(10-2-4-11(14)5-3-10)17-7-6-16-12(18)8-17/h2-5,9,13H,6-8,15H2,1H3,(H,16,18). The van der Waals surface area contributed by atoms with Gasteiger partial charge in [-0.1, -0.05) is 23.7 Å². The highest BCUT2D eigenvalue weighted by molar-refractivity contribution is 6.30. The lowest BCUT2D eigenvalue weighted by Crippen LogP contribution is -2.52. The quantitative estimate of drug-likeness (QED) is 0.864. The molecule has 18 heavy (non-hydrogen) atoms. The molecule has 0 saturated carbocycles. The Kier molecular flexibility index (Phi) is 4.22. The summed E-state index contributed by atoms with van der Waals surface area (Å²) >= 11 is 5.90. The predicted molar refractivity (Wildman–Crippen MR) is 72.4 cm³/mol. The van der Waals surface area contributed by atoms with Gasteiger partial charge in [0.25, 0.3) is 0 Å². The molecule has 1 amide bonds. The van der Waals surface area contributed by atoms with Gasteiger partial charge in [-0.3, -0.25) is 9.69 Å². The van der Waals surface area contributed by atoms with E-state index in [0.29, 0.717) is 18.1 Å². The number of rotatable bonds is 3. The van der Waals surface area contributed by atoms with E-state index in [9.17, 15) is 4.79 Å². The summed E-state index contributed by atoms with van der Waals surface area (Å²) in [6.07, 6.45) is 0. The number of nitrogens with one attached hydrogen (secondary N) is 1. The zero-order valence-corrected chi connectivity index (χ0v) is 11.2. The minimum Gasteiger partial charge on any atom is -0.354 e. The molecule has 2 unspecified atom stereocenters. The summed E-state index contributed by atoms with van der Waals surface area (Å²) in [5.41, 5.74) is 7.18. The van der Waals surface area contributed by atoms with E-state index in [2.05, 4.69) is 10.2 Å². The summed E-state index contributed by atoms with van der Waals surface area (Å²) in [6, 6.07) is 7.67. The number of amides is 1. The second-order valence-electron chi connectivity index (χ2n) is 4.68. The van der Waals surface area contributed by atoms with Crippen molar-refractivity contribution in [2.75, 3.05) is 19.6 Å². The van der Waals surface area contributed by atoms with Crippen LogP contribution in [0.15, 0.2) is 24.3 Å². The van der Waals surface area contributed by atoms with E-state index in [-0.39, 0.29) is 18.0 Å². The van der Waals surface area contributed by atoms with E-state index >= 15 is 0 Å². The Bertz CT molecular complexity index is 419. The van der Waals surface area contributed by atoms with Crippen molar-refractivity contribution in [1.29, 1.82) is 0 Å². The molecule has 1 aromatic rings. The van der Waals surface area contributed by atoms with Crippen molar-refractivity contribution in [1.82, 2.24) is 10.2 Å². The Balaban J connectivity index is 2.22. The Morgan fingerprint density at radius 1 is 1.39 bits per heavy atom. The summed E-state index contributed by atoms with van der Waals surface area (Å²) in [6.45, 7) is 3.86. The van der Waals surface area contributed by atoms with Crippen LogP contribution in [0.5, 0.6) is 0 Å². The molecular formula is C13H18ClN3O. The Morgan fingerprint density at radius 2 is 2.06 bits per heavy atom. The van der Waals surface area contributed by atoms with Crippen LogP contribution < -0.4 is 11.1 Å². The van der Waals surface area contributed by atoms with Crippen molar-refractivity contribution in [3.8, 4) is 0 Å². The van der Waals surface area contributed by atoms with Crippen molar-refractivity contribution in [3.63, 3.8) is 0 Å². The van der Waals surface area contributed by atoms with Crippen LogP contribution in [0.4, 0.5) is 0 Å². The lowest BCUT2D eigenvalue weighted by molar-refractivity contribution is -0.125. The molecule has 5 heteroatoms. The molecule has 1 fully saturated rings. The number of nitrogens with zero attached hydrogens (tertiary/aromatic N) is 1. The van der Waals surface area contributed by atoms with Crippen LogP contribution in [0.3, 0.4) is 0 Å². The Hall–Kier alpha value is -1.10. The number of carbonyl (C=O) groups excluding carboxylic acids is 1. The smallest absolute Gasteiger partial charge is 0.234 e. The number of hydrogen-bond donors (Lipinski definition) is 2. The molecule has 1 aliphatic heterocycles. The van der Waals surface area contributed by atoms with Gasteiger partial charge in [-0.05, 0) is 24.6 Å². The molecule has 2 atom stereocenters. The first-order valence-corrected chi connectivity index (χ1v) is 6.47. The first-order valence-electron chi connectivity index (χ1n) is 6.09. The second-order valence-corrected chi connectivity index (χ2v) is 5.11. The van der Waals surface area contributed by atoms with Gasteiger partial charge in [0.05, 0.1) is 12.6 Å². The lowest BCUT2D eigenvalue weighted by atomic mass is 9.98. The normalized spacial score (nSPS) is 20.3. The molecule has 3 N–H and O–H groups in total. The average molecular weight is 268 g/mol. The topological polar surface area (TPSA) is 58.4 Å². The van der Waals surface area contributed by atoms with E-state index in [4.69, 9.17) is 17.3 Å². The van der Waals surface area contributed by atoms with Gasteiger partial charge in [-0.25, -0.2) is 0 Å². The van der Waals surface area contributed by atoms with Gasteiger partial charge in [-0.15, -0.1) is 0 Å². The number of piperazine rings is 1. The molecule has 2 rings (SSSR count). The molecule has 98 valence electrons. The van der Waals surface area contributed by atoms with Crippen LogP contribution in [-0.2, 0) is 4.79 Å². The molecular weight excluding hydrogens is 250 g/mol. The van der Waals surface area contributed by atoms with Crippen molar-refractivity contribution in [3.05, 3.63) is 34.9 Å². The zero-order chi connectivity index (χ0) is 13.1. The number of carbonyl (C=O) groups is 1. The number of benzene rings is 1. The van der Waals surface area contributed by atoms with Crippen LogP contribution in [0.1, 0.15) is 18.5 Å². The van der Waals surface area contributed by atoms with Crippen molar-refractivity contribution < 1.29 is 4.79 Å². The summed E-state index contributed by atoms with van der Waals surface area (Å²) in [4.78, 5) is 13.6. The van der Waals surface area contributed by atoms with Gasteiger partial charge in [0.15, 0.2) is 0 Å². The predicted octanol–water partition coefficient (Wildman–Crippen LogP) is 1.16. The molecule has 0 radical (unpaired) electrons. The van der Waals surface area contributed by atoms with Gasteiger partial charge in [0.2, 0.25) is 5.91 Å². The third-order valence-corrected chi connectivity index (χ3v) is 3.42. The molecule has 0 bridgehead atoms. The molecule has 1 saturated heterocycles. The monoisotopic (exact) mass is 267 g/mol. The van der Waals surface area contributed by atoms with Gasteiger partial charge >= 0.3 is 0 Å². The molecule has 0 aliphatic carbocycles. The fourth-order valence-corrected chi connectivity index (χ4v) is 2.53. The Labute approximate surface area is 112 Å². The first-order chi connectivity index (χ1) is 8.58. The SMILES string of the molecule is CC(N)C(c1ccc(Cl)cc1)N1CCNC(=O)C1. The fraction of sp³-hybridized carbons (Fsp3) is 0.462. The molecule has 1 aromatic carbocycles. The van der Waals surface area contributed by atoms with Gasteiger partial charge in [-0.2, -0.15) is 0 Å². The van der Waals surface area contributed by atoms with E-state index in [1.807, 2.05) is 31.2 Å².